The maximum Gasteiger partial charge on any atom is 0.260 e. The molecule has 2 rings (SSSR count). The SMILES string of the molecule is Cc1ccccc1N(CC(=O)NN=Cc1ccccn1)S(C)(=O)=O. The molecule has 0 spiro atoms. The topological polar surface area (TPSA) is 91.7 Å². The fourth-order valence-electron chi connectivity index (χ4n) is 2.01. The molecule has 1 aromatic heterocycles. The lowest BCUT2D eigenvalue weighted by Gasteiger charge is -2.23. The van der Waals surface area contributed by atoms with E-state index in [-0.39, 0.29) is 6.54 Å². The van der Waals surface area contributed by atoms with Crippen molar-refractivity contribution in [1.29, 1.82) is 0 Å². The summed E-state index contributed by atoms with van der Waals surface area (Å²) in [6, 6.07) is 12.2. The Morgan fingerprint density at radius 3 is 2.58 bits per heavy atom. The van der Waals surface area contributed by atoms with Crippen LogP contribution in [0.5, 0.6) is 0 Å². The number of carbonyl (C=O) groups excluding carboxylic acids is 1. The van der Waals surface area contributed by atoms with E-state index < -0.39 is 15.9 Å². The van der Waals surface area contributed by atoms with E-state index in [9.17, 15) is 13.2 Å². The van der Waals surface area contributed by atoms with Gasteiger partial charge in [0.25, 0.3) is 5.91 Å². The summed E-state index contributed by atoms with van der Waals surface area (Å²) in [5.74, 6) is -0.546. The first-order valence-corrected chi connectivity index (χ1v) is 8.99. The molecular formula is C16H18N4O3S. The molecule has 0 saturated heterocycles. The van der Waals surface area contributed by atoms with Gasteiger partial charge in [-0.25, -0.2) is 13.8 Å². The Labute approximate surface area is 141 Å². The molecule has 1 aromatic carbocycles. The van der Waals surface area contributed by atoms with Crippen LogP contribution in [0.1, 0.15) is 11.3 Å². The van der Waals surface area contributed by atoms with Gasteiger partial charge >= 0.3 is 0 Å². The van der Waals surface area contributed by atoms with Gasteiger partial charge in [-0.1, -0.05) is 24.3 Å². The van der Waals surface area contributed by atoms with E-state index in [2.05, 4.69) is 15.5 Å². The van der Waals surface area contributed by atoms with Crippen LogP contribution in [0.3, 0.4) is 0 Å². The molecule has 0 fully saturated rings. The molecule has 1 heterocycles. The number of benzene rings is 1. The van der Waals surface area contributed by atoms with Gasteiger partial charge < -0.3 is 0 Å². The molecule has 0 atom stereocenters. The van der Waals surface area contributed by atoms with Crippen molar-refractivity contribution in [2.45, 2.75) is 6.92 Å². The summed E-state index contributed by atoms with van der Waals surface area (Å²) in [7, 11) is -3.60. The largest absolute Gasteiger partial charge is 0.271 e. The molecule has 0 aliphatic heterocycles. The number of para-hydroxylation sites is 1. The van der Waals surface area contributed by atoms with Gasteiger partial charge in [-0.05, 0) is 30.7 Å². The van der Waals surface area contributed by atoms with Crippen molar-refractivity contribution in [3.05, 3.63) is 59.9 Å². The van der Waals surface area contributed by atoms with Crippen molar-refractivity contribution >= 4 is 27.8 Å². The van der Waals surface area contributed by atoms with Crippen molar-refractivity contribution < 1.29 is 13.2 Å². The zero-order valence-electron chi connectivity index (χ0n) is 13.4. The first-order chi connectivity index (χ1) is 11.4. The monoisotopic (exact) mass is 346 g/mol. The van der Waals surface area contributed by atoms with Gasteiger partial charge in [0, 0.05) is 6.20 Å². The highest BCUT2D eigenvalue weighted by atomic mass is 32.2. The molecule has 1 N–H and O–H groups in total. The van der Waals surface area contributed by atoms with Crippen molar-refractivity contribution in [2.75, 3.05) is 17.1 Å². The molecule has 8 heteroatoms. The maximum atomic E-state index is 12.0. The molecule has 0 saturated carbocycles. The van der Waals surface area contributed by atoms with E-state index in [4.69, 9.17) is 0 Å². The minimum Gasteiger partial charge on any atom is -0.271 e. The Morgan fingerprint density at radius 1 is 1.25 bits per heavy atom. The molecular weight excluding hydrogens is 328 g/mol. The summed E-state index contributed by atoms with van der Waals surface area (Å²) in [6.07, 6.45) is 4.05. The van der Waals surface area contributed by atoms with Crippen molar-refractivity contribution in [3.63, 3.8) is 0 Å². The standard InChI is InChI=1S/C16H18N4O3S/c1-13-7-3-4-9-15(13)20(24(2,22)23)12-16(21)19-18-11-14-8-5-6-10-17-14/h3-11H,12H2,1-2H3,(H,19,21). The second-order valence-corrected chi connectivity index (χ2v) is 7.01. The number of hydrogen-bond acceptors (Lipinski definition) is 5. The Hall–Kier alpha value is -2.74. The number of pyridine rings is 1. The summed E-state index contributed by atoms with van der Waals surface area (Å²) in [5, 5.41) is 3.78. The van der Waals surface area contributed by atoms with Crippen LogP contribution in [0.2, 0.25) is 0 Å². The van der Waals surface area contributed by atoms with E-state index in [1.807, 2.05) is 0 Å². The minimum atomic E-state index is -3.60. The quantitative estimate of drug-likeness (QED) is 0.630. The summed E-state index contributed by atoms with van der Waals surface area (Å²) < 4.78 is 25.1. The van der Waals surface area contributed by atoms with Gasteiger partial charge in [-0.15, -0.1) is 0 Å². The van der Waals surface area contributed by atoms with Crippen molar-refractivity contribution in [1.82, 2.24) is 10.4 Å². The second-order valence-electron chi connectivity index (χ2n) is 5.10. The third-order valence-corrected chi connectivity index (χ3v) is 4.27. The minimum absolute atomic E-state index is 0.358. The zero-order chi connectivity index (χ0) is 17.6. The number of aryl methyl sites for hydroxylation is 1. The van der Waals surface area contributed by atoms with Gasteiger partial charge in [0.2, 0.25) is 10.0 Å². The Bertz CT molecular complexity index is 835. The molecule has 0 unspecified atom stereocenters. The zero-order valence-corrected chi connectivity index (χ0v) is 14.2. The molecule has 0 bridgehead atoms. The number of nitrogens with zero attached hydrogens (tertiary/aromatic N) is 3. The lowest BCUT2D eigenvalue weighted by molar-refractivity contribution is -0.119. The van der Waals surface area contributed by atoms with Crippen LogP contribution < -0.4 is 9.73 Å². The molecule has 0 aliphatic carbocycles. The third kappa shape index (κ3) is 4.88. The number of rotatable bonds is 6. The number of nitrogens with one attached hydrogen (secondary N) is 1. The van der Waals surface area contributed by atoms with Crippen LogP contribution in [-0.4, -0.2) is 38.3 Å². The molecule has 1 amide bonds. The lowest BCUT2D eigenvalue weighted by Crippen LogP contribution is -2.39. The van der Waals surface area contributed by atoms with E-state index >= 15 is 0 Å². The van der Waals surface area contributed by atoms with Crippen LogP contribution in [-0.2, 0) is 14.8 Å². The van der Waals surface area contributed by atoms with Gasteiger partial charge in [-0.3, -0.25) is 14.1 Å². The highest BCUT2D eigenvalue weighted by Gasteiger charge is 2.21. The predicted octanol–water partition coefficient (Wildman–Crippen LogP) is 1.31. The molecule has 7 nitrogen and oxygen atoms in total. The van der Waals surface area contributed by atoms with E-state index in [0.717, 1.165) is 16.1 Å². The number of anilines is 1. The van der Waals surface area contributed by atoms with Crippen LogP contribution >= 0.6 is 0 Å². The van der Waals surface area contributed by atoms with Crippen LogP contribution in [0, 0.1) is 6.92 Å². The summed E-state index contributed by atoms with van der Waals surface area (Å²) in [6.45, 7) is 1.42. The Morgan fingerprint density at radius 2 is 1.96 bits per heavy atom. The number of hydrazone groups is 1. The summed E-state index contributed by atoms with van der Waals surface area (Å²) in [4.78, 5) is 16.1. The van der Waals surface area contributed by atoms with E-state index in [1.165, 1.54) is 6.21 Å². The summed E-state index contributed by atoms with van der Waals surface area (Å²) >= 11 is 0. The lowest BCUT2D eigenvalue weighted by atomic mass is 10.2. The van der Waals surface area contributed by atoms with Gasteiger partial charge in [0.1, 0.15) is 6.54 Å². The third-order valence-electron chi connectivity index (χ3n) is 3.15. The van der Waals surface area contributed by atoms with E-state index in [1.54, 1.807) is 55.6 Å². The molecule has 126 valence electrons. The number of amides is 1. The fraction of sp³-hybridized carbons (Fsp3) is 0.188. The molecule has 2 aromatic rings. The molecule has 0 aliphatic rings. The maximum absolute atomic E-state index is 12.0. The predicted molar refractivity (Wildman–Crippen MR) is 93.3 cm³/mol. The molecule has 0 radical (unpaired) electrons. The van der Waals surface area contributed by atoms with Gasteiger partial charge in [0.05, 0.1) is 23.9 Å². The number of hydrogen-bond donors (Lipinski definition) is 1. The summed E-state index contributed by atoms with van der Waals surface area (Å²) in [5.41, 5.74) is 4.11. The highest BCUT2D eigenvalue weighted by molar-refractivity contribution is 7.92. The average molecular weight is 346 g/mol. The van der Waals surface area contributed by atoms with Gasteiger partial charge in [0.15, 0.2) is 0 Å². The Balaban J connectivity index is 2.09. The smallest absolute Gasteiger partial charge is 0.260 e. The van der Waals surface area contributed by atoms with Crippen LogP contribution in [0.4, 0.5) is 5.69 Å². The van der Waals surface area contributed by atoms with Gasteiger partial charge in [-0.2, -0.15) is 5.10 Å². The second kappa shape index (κ2) is 7.69. The first-order valence-electron chi connectivity index (χ1n) is 7.14. The number of sulfonamides is 1. The number of carbonyl (C=O) groups is 1. The normalized spacial score (nSPS) is 11.4. The van der Waals surface area contributed by atoms with Crippen LogP contribution in [0.25, 0.3) is 0 Å². The number of aromatic nitrogens is 1. The van der Waals surface area contributed by atoms with Crippen LogP contribution in [0.15, 0.2) is 53.8 Å². The first kappa shape index (κ1) is 17.6. The molecule has 24 heavy (non-hydrogen) atoms. The highest BCUT2D eigenvalue weighted by Crippen LogP contribution is 2.21. The van der Waals surface area contributed by atoms with Crippen molar-refractivity contribution in [2.24, 2.45) is 5.10 Å². The Kier molecular flexibility index (Phi) is 5.64. The van der Waals surface area contributed by atoms with E-state index in [0.29, 0.717) is 11.4 Å². The fourth-order valence-corrected chi connectivity index (χ4v) is 2.93. The van der Waals surface area contributed by atoms with Crippen molar-refractivity contribution in [3.8, 4) is 0 Å². The average Bonchev–Trinajstić information content (AvgIpc) is 2.53.